The van der Waals surface area contributed by atoms with Crippen LogP contribution in [0.15, 0.2) is 21.8 Å². The van der Waals surface area contributed by atoms with Gasteiger partial charge in [-0.25, -0.2) is 0 Å². The van der Waals surface area contributed by atoms with Gasteiger partial charge in [-0.2, -0.15) is 0 Å². The highest BCUT2D eigenvalue weighted by Gasteiger charge is 2.22. The molecular formula is C16H27N5O. The summed E-state index contributed by atoms with van der Waals surface area (Å²) in [4.78, 5) is 9.61. The fraction of sp³-hybridized carbons (Fsp3) is 0.750. The van der Waals surface area contributed by atoms with E-state index < -0.39 is 0 Å². The van der Waals surface area contributed by atoms with Crippen molar-refractivity contribution in [3.05, 3.63) is 18.0 Å². The number of aliphatic imine (C=N–C) groups is 1. The first-order chi connectivity index (χ1) is 10.8. The standard InChI is InChI=1S/C16H27N5O/c1-2-17-16(18-7-5-14-3-4-14)21-10-8-20(9-11-21)13-15-6-12-22-19-15/h6,12,14H,2-5,7-11,13H2,1H3,(H,17,18). The van der Waals surface area contributed by atoms with E-state index in [9.17, 15) is 0 Å². The molecule has 0 amide bonds. The van der Waals surface area contributed by atoms with Crippen molar-refractivity contribution in [1.29, 1.82) is 0 Å². The quantitative estimate of drug-likeness (QED) is 0.638. The van der Waals surface area contributed by atoms with Crippen molar-refractivity contribution in [1.82, 2.24) is 20.3 Å². The Morgan fingerprint density at radius 2 is 2.18 bits per heavy atom. The molecule has 0 radical (unpaired) electrons. The average molecular weight is 305 g/mol. The van der Waals surface area contributed by atoms with Crippen molar-refractivity contribution in [2.45, 2.75) is 32.7 Å². The van der Waals surface area contributed by atoms with Crippen LogP contribution in [0.5, 0.6) is 0 Å². The Morgan fingerprint density at radius 3 is 2.82 bits per heavy atom. The predicted octanol–water partition coefficient (Wildman–Crippen LogP) is 1.56. The first kappa shape index (κ1) is 15.3. The van der Waals surface area contributed by atoms with Gasteiger partial charge in [-0.15, -0.1) is 0 Å². The van der Waals surface area contributed by atoms with Gasteiger partial charge in [-0.3, -0.25) is 9.89 Å². The molecule has 1 saturated carbocycles. The van der Waals surface area contributed by atoms with E-state index in [1.807, 2.05) is 6.07 Å². The van der Waals surface area contributed by atoms with E-state index in [2.05, 4.69) is 27.2 Å². The van der Waals surface area contributed by atoms with Gasteiger partial charge in [0.15, 0.2) is 5.96 Å². The molecule has 2 fully saturated rings. The molecule has 0 atom stereocenters. The third-order valence-electron chi connectivity index (χ3n) is 4.38. The van der Waals surface area contributed by atoms with Crippen LogP contribution in [0.3, 0.4) is 0 Å². The van der Waals surface area contributed by atoms with Gasteiger partial charge < -0.3 is 14.7 Å². The molecule has 2 heterocycles. The van der Waals surface area contributed by atoms with Crippen molar-refractivity contribution in [3.63, 3.8) is 0 Å². The molecule has 2 aliphatic rings. The van der Waals surface area contributed by atoms with Crippen molar-refractivity contribution < 1.29 is 4.52 Å². The summed E-state index contributed by atoms with van der Waals surface area (Å²) in [5.74, 6) is 2.04. The summed E-state index contributed by atoms with van der Waals surface area (Å²) >= 11 is 0. The number of nitrogens with zero attached hydrogens (tertiary/aromatic N) is 4. The van der Waals surface area contributed by atoms with Gasteiger partial charge in [0.1, 0.15) is 6.26 Å². The topological polar surface area (TPSA) is 56.9 Å². The number of piperazine rings is 1. The molecule has 6 nitrogen and oxygen atoms in total. The van der Waals surface area contributed by atoms with E-state index in [4.69, 9.17) is 9.52 Å². The maximum atomic E-state index is 4.90. The summed E-state index contributed by atoms with van der Waals surface area (Å²) in [6, 6.07) is 1.94. The Labute approximate surface area is 132 Å². The summed E-state index contributed by atoms with van der Waals surface area (Å²) < 4.78 is 4.90. The molecule has 1 aliphatic carbocycles. The summed E-state index contributed by atoms with van der Waals surface area (Å²) in [7, 11) is 0. The summed E-state index contributed by atoms with van der Waals surface area (Å²) in [6.07, 6.45) is 5.71. The molecule has 1 aromatic heterocycles. The number of hydrogen-bond acceptors (Lipinski definition) is 4. The van der Waals surface area contributed by atoms with Crippen LogP contribution in [-0.4, -0.2) is 60.2 Å². The van der Waals surface area contributed by atoms with Gasteiger partial charge in [-0.05, 0) is 19.3 Å². The molecule has 1 aromatic rings. The number of rotatable bonds is 6. The van der Waals surface area contributed by atoms with Gasteiger partial charge >= 0.3 is 0 Å². The van der Waals surface area contributed by atoms with Crippen molar-refractivity contribution in [2.24, 2.45) is 10.9 Å². The zero-order valence-corrected chi connectivity index (χ0v) is 13.5. The zero-order chi connectivity index (χ0) is 15.2. The lowest BCUT2D eigenvalue weighted by molar-refractivity contribution is 0.169. The minimum Gasteiger partial charge on any atom is -0.364 e. The van der Waals surface area contributed by atoms with E-state index >= 15 is 0 Å². The smallest absolute Gasteiger partial charge is 0.194 e. The molecular weight excluding hydrogens is 278 g/mol. The lowest BCUT2D eigenvalue weighted by atomic mass is 10.3. The van der Waals surface area contributed by atoms with Crippen LogP contribution in [0.1, 0.15) is 31.9 Å². The van der Waals surface area contributed by atoms with Crippen LogP contribution in [0.2, 0.25) is 0 Å². The Bertz CT molecular complexity index is 461. The molecule has 0 spiro atoms. The van der Waals surface area contributed by atoms with Crippen LogP contribution in [-0.2, 0) is 6.54 Å². The maximum absolute atomic E-state index is 4.90. The minimum absolute atomic E-state index is 0.875. The van der Waals surface area contributed by atoms with Gasteiger partial charge in [0.25, 0.3) is 0 Å². The van der Waals surface area contributed by atoms with Crippen LogP contribution < -0.4 is 5.32 Å². The lowest BCUT2D eigenvalue weighted by Crippen LogP contribution is -2.52. The van der Waals surface area contributed by atoms with Crippen LogP contribution in [0.4, 0.5) is 0 Å². The molecule has 1 N–H and O–H groups in total. The molecule has 1 saturated heterocycles. The second-order valence-corrected chi connectivity index (χ2v) is 6.22. The Kier molecular flexibility index (Phi) is 5.32. The largest absolute Gasteiger partial charge is 0.364 e. The highest BCUT2D eigenvalue weighted by Crippen LogP contribution is 2.32. The molecule has 0 unspecified atom stereocenters. The molecule has 122 valence electrons. The van der Waals surface area contributed by atoms with E-state index in [1.54, 1.807) is 6.26 Å². The normalized spacial score (nSPS) is 20.4. The maximum Gasteiger partial charge on any atom is 0.194 e. The monoisotopic (exact) mass is 305 g/mol. The van der Waals surface area contributed by atoms with E-state index in [0.717, 1.165) is 63.4 Å². The fourth-order valence-corrected chi connectivity index (χ4v) is 2.85. The third-order valence-corrected chi connectivity index (χ3v) is 4.38. The number of nitrogens with one attached hydrogen (secondary N) is 1. The predicted molar refractivity (Wildman–Crippen MR) is 86.7 cm³/mol. The van der Waals surface area contributed by atoms with Crippen LogP contribution >= 0.6 is 0 Å². The van der Waals surface area contributed by atoms with Crippen molar-refractivity contribution in [3.8, 4) is 0 Å². The van der Waals surface area contributed by atoms with Gasteiger partial charge in [-0.1, -0.05) is 18.0 Å². The molecule has 6 heteroatoms. The van der Waals surface area contributed by atoms with Gasteiger partial charge in [0.05, 0.1) is 5.69 Å². The Balaban J connectivity index is 1.46. The Morgan fingerprint density at radius 1 is 1.36 bits per heavy atom. The molecule has 3 rings (SSSR count). The van der Waals surface area contributed by atoms with Crippen molar-refractivity contribution >= 4 is 5.96 Å². The van der Waals surface area contributed by atoms with Crippen LogP contribution in [0.25, 0.3) is 0 Å². The van der Waals surface area contributed by atoms with Crippen molar-refractivity contribution in [2.75, 3.05) is 39.3 Å². The SMILES string of the molecule is CCNC(=NCCC1CC1)N1CCN(Cc2ccon2)CC1. The second-order valence-electron chi connectivity index (χ2n) is 6.22. The van der Waals surface area contributed by atoms with E-state index in [0.29, 0.717) is 0 Å². The Hall–Kier alpha value is -1.56. The first-order valence-electron chi connectivity index (χ1n) is 8.50. The zero-order valence-electron chi connectivity index (χ0n) is 13.5. The number of hydrogen-bond donors (Lipinski definition) is 1. The summed E-state index contributed by atoms with van der Waals surface area (Å²) in [5, 5.41) is 7.43. The highest BCUT2D eigenvalue weighted by atomic mass is 16.5. The number of aromatic nitrogens is 1. The van der Waals surface area contributed by atoms with Crippen LogP contribution in [0, 0.1) is 5.92 Å². The molecule has 1 aliphatic heterocycles. The second kappa shape index (κ2) is 7.63. The van der Waals surface area contributed by atoms with Gasteiger partial charge in [0.2, 0.25) is 0 Å². The molecule has 0 bridgehead atoms. The number of guanidine groups is 1. The van der Waals surface area contributed by atoms with E-state index in [1.165, 1.54) is 19.3 Å². The third kappa shape index (κ3) is 4.47. The average Bonchev–Trinajstić information content (AvgIpc) is 3.22. The summed E-state index contributed by atoms with van der Waals surface area (Å²) in [5.41, 5.74) is 1.01. The minimum atomic E-state index is 0.875. The first-order valence-corrected chi connectivity index (χ1v) is 8.50. The van der Waals surface area contributed by atoms with E-state index in [-0.39, 0.29) is 0 Å². The fourth-order valence-electron chi connectivity index (χ4n) is 2.85. The highest BCUT2D eigenvalue weighted by molar-refractivity contribution is 5.80. The molecule has 0 aromatic carbocycles. The summed E-state index contributed by atoms with van der Waals surface area (Å²) in [6.45, 7) is 9.03. The lowest BCUT2D eigenvalue weighted by Gasteiger charge is -2.36. The van der Waals surface area contributed by atoms with Gasteiger partial charge in [0, 0.05) is 51.9 Å². The molecule has 22 heavy (non-hydrogen) atoms.